The van der Waals surface area contributed by atoms with E-state index in [4.69, 9.17) is 4.74 Å². The molecule has 0 spiro atoms. The first kappa shape index (κ1) is 18.7. The number of ether oxygens (including phenoxy) is 1. The van der Waals surface area contributed by atoms with Gasteiger partial charge in [-0.2, -0.15) is 0 Å². The van der Waals surface area contributed by atoms with Crippen LogP contribution >= 0.6 is 15.9 Å². The van der Waals surface area contributed by atoms with Crippen molar-refractivity contribution in [1.82, 2.24) is 5.43 Å². The standard InChI is InChI=1S/C19H15BrN2O5/c1-2-27-19(26)11-3-6-14(7-4-11)22-18(25)15(17(24)21-22)10-12-9-13(20)5-8-16(12)23/h3-10,23H,2H2,1H3,(H,21,24)/b15-10-. The van der Waals surface area contributed by atoms with Crippen LogP contribution in [-0.4, -0.2) is 29.5 Å². The predicted octanol–water partition coefficient (Wildman–Crippen LogP) is 2.79. The van der Waals surface area contributed by atoms with Gasteiger partial charge in [0.1, 0.15) is 11.3 Å². The summed E-state index contributed by atoms with van der Waals surface area (Å²) in [7, 11) is 0. The summed E-state index contributed by atoms with van der Waals surface area (Å²) >= 11 is 3.28. The Morgan fingerprint density at radius 2 is 1.93 bits per heavy atom. The minimum Gasteiger partial charge on any atom is -0.507 e. The summed E-state index contributed by atoms with van der Waals surface area (Å²) in [6.07, 6.45) is 1.32. The van der Waals surface area contributed by atoms with Crippen LogP contribution in [0.15, 0.2) is 52.5 Å². The van der Waals surface area contributed by atoms with Gasteiger partial charge >= 0.3 is 5.97 Å². The van der Waals surface area contributed by atoms with Crippen LogP contribution in [0.2, 0.25) is 0 Å². The van der Waals surface area contributed by atoms with Crippen molar-refractivity contribution in [3.8, 4) is 5.75 Å². The number of esters is 1. The van der Waals surface area contributed by atoms with Crippen molar-refractivity contribution in [2.75, 3.05) is 11.6 Å². The second kappa shape index (κ2) is 7.63. The van der Waals surface area contributed by atoms with Crippen molar-refractivity contribution in [3.05, 3.63) is 63.6 Å². The molecule has 2 aromatic carbocycles. The van der Waals surface area contributed by atoms with Crippen LogP contribution in [0.4, 0.5) is 5.69 Å². The number of carbonyl (C=O) groups excluding carboxylic acids is 3. The summed E-state index contributed by atoms with van der Waals surface area (Å²) in [4.78, 5) is 36.5. The molecule has 1 heterocycles. The van der Waals surface area contributed by atoms with E-state index in [0.29, 0.717) is 21.3 Å². The molecule has 0 aromatic heterocycles. The third-order valence-electron chi connectivity index (χ3n) is 3.82. The summed E-state index contributed by atoms with van der Waals surface area (Å²) in [5.74, 6) is -1.67. The second-order valence-corrected chi connectivity index (χ2v) is 6.53. The van der Waals surface area contributed by atoms with Crippen molar-refractivity contribution < 1.29 is 24.2 Å². The molecule has 138 valence electrons. The molecule has 1 aliphatic rings. The van der Waals surface area contributed by atoms with Gasteiger partial charge in [-0.05, 0) is 55.5 Å². The lowest BCUT2D eigenvalue weighted by Gasteiger charge is -2.14. The number of carbonyl (C=O) groups is 3. The molecular formula is C19H15BrN2O5. The highest BCUT2D eigenvalue weighted by Gasteiger charge is 2.34. The molecule has 0 atom stereocenters. The van der Waals surface area contributed by atoms with Crippen LogP contribution in [0.5, 0.6) is 5.75 Å². The minimum atomic E-state index is -0.589. The number of amides is 2. The van der Waals surface area contributed by atoms with Gasteiger partial charge in [0.25, 0.3) is 11.8 Å². The van der Waals surface area contributed by atoms with Crippen LogP contribution < -0.4 is 10.4 Å². The second-order valence-electron chi connectivity index (χ2n) is 5.61. The smallest absolute Gasteiger partial charge is 0.338 e. The maximum Gasteiger partial charge on any atom is 0.338 e. The van der Waals surface area contributed by atoms with Crippen LogP contribution in [0.1, 0.15) is 22.8 Å². The highest BCUT2D eigenvalue weighted by Crippen LogP contribution is 2.27. The average molecular weight is 431 g/mol. The Balaban J connectivity index is 1.87. The maximum atomic E-state index is 12.6. The van der Waals surface area contributed by atoms with Gasteiger partial charge in [0, 0.05) is 10.0 Å². The highest BCUT2D eigenvalue weighted by atomic mass is 79.9. The van der Waals surface area contributed by atoms with Gasteiger partial charge in [0.2, 0.25) is 0 Å². The third kappa shape index (κ3) is 3.85. The van der Waals surface area contributed by atoms with Gasteiger partial charge in [0.15, 0.2) is 0 Å². The van der Waals surface area contributed by atoms with Gasteiger partial charge in [0.05, 0.1) is 17.9 Å². The van der Waals surface area contributed by atoms with E-state index in [9.17, 15) is 19.5 Å². The topological polar surface area (TPSA) is 95.9 Å². The van der Waals surface area contributed by atoms with Crippen LogP contribution in [0.3, 0.4) is 0 Å². The molecule has 0 saturated carbocycles. The first-order valence-corrected chi connectivity index (χ1v) is 8.83. The summed E-state index contributed by atoms with van der Waals surface area (Å²) < 4.78 is 5.61. The number of benzene rings is 2. The normalized spacial score (nSPS) is 15.2. The number of aromatic hydroxyl groups is 1. The largest absolute Gasteiger partial charge is 0.507 e. The van der Waals surface area contributed by atoms with E-state index in [1.54, 1.807) is 19.1 Å². The van der Waals surface area contributed by atoms with E-state index >= 15 is 0 Å². The van der Waals surface area contributed by atoms with E-state index in [2.05, 4.69) is 21.4 Å². The third-order valence-corrected chi connectivity index (χ3v) is 4.31. The Morgan fingerprint density at radius 3 is 2.59 bits per heavy atom. The Hall–Kier alpha value is -3.13. The van der Waals surface area contributed by atoms with Crippen LogP contribution in [0.25, 0.3) is 6.08 Å². The summed E-state index contributed by atoms with van der Waals surface area (Å²) in [6, 6.07) is 10.8. The minimum absolute atomic E-state index is 0.0523. The van der Waals surface area contributed by atoms with Crippen LogP contribution in [0, 0.1) is 0 Å². The maximum absolute atomic E-state index is 12.6. The number of halogens is 1. The molecule has 0 unspecified atom stereocenters. The van der Waals surface area contributed by atoms with Gasteiger partial charge in [-0.15, -0.1) is 0 Å². The number of phenolic OH excluding ortho intramolecular Hbond substituents is 1. The quantitative estimate of drug-likeness (QED) is 0.441. The lowest BCUT2D eigenvalue weighted by molar-refractivity contribution is -0.117. The van der Waals surface area contributed by atoms with Gasteiger partial charge in [-0.25, -0.2) is 9.80 Å². The Kier molecular flexibility index (Phi) is 5.27. The van der Waals surface area contributed by atoms with Gasteiger partial charge < -0.3 is 9.84 Å². The van der Waals surface area contributed by atoms with Crippen molar-refractivity contribution in [1.29, 1.82) is 0 Å². The van der Waals surface area contributed by atoms with Gasteiger partial charge in [-0.1, -0.05) is 15.9 Å². The molecule has 0 radical (unpaired) electrons. The molecule has 1 aliphatic heterocycles. The van der Waals surface area contributed by atoms with E-state index in [0.717, 1.165) is 5.01 Å². The molecule has 2 aromatic rings. The number of rotatable bonds is 4. The molecule has 0 bridgehead atoms. The Labute approximate surface area is 163 Å². The van der Waals surface area contributed by atoms with Crippen molar-refractivity contribution in [3.63, 3.8) is 0 Å². The number of nitrogens with one attached hydrogen (secondary N) is 1. The number of nitrogens with zero attached hydrogens (tertiary/aromatic N) is 1. The SMILES string of the molecule is CCOC(=O)c1ccc(N2NC(=O)/C(=C/c3cc(Br)ccc3O)C2=O)cc1. The lowest BCUT2D eigenvalue weighted by atomic mass is 10.1. The first-order chi connectivity index (χ1) is 12.9. The zero-order valence-corrected chi connectivity index (χ0v) is 15.8. The molecule has 0 aliphatic carbocycles. The lowest BCUT2D eigenvalue weighted by Crippen LogP contribution is -2.35. The average Bonchev–Trinajstić information content (AvgIpc) is 2.93. The molecule has 7 nitrogen and oxygen atoms in total. The number of anilines is 1. The molecule has 2 amide bonds. The molecule has 1 fully saturated rings. The van der Waals surface area contributed by atoms with E-state index in [-0.39, 0.29) is 17.9 Å². The molecule has 8 heteroatoms. The summed E-state index contributed by atoms with van der Waals surface area (Å²) in [5.41, 5.74) is 3.42. The van der Waals surface area contributed by atoms with Crippen LogP contribution in [-0.2, 0) is 14.3 Å². The number of hydrogen-bond acceptors (Lipinski definition) is 5. The Morgan fingerprint density at radius 1 is 1.22 bits per heavy atom. The monoisotopic (exact) mass is 430 g/mol. The fourth-order valence-corrected chi connectivity index (χ4v) is 2.88. The van der Waals surface area contributed by atoms with E-state index < -0.39 is 17.8 Å². The molecule has 2 N–H and O–H groups in total. The molecular weight excluding hydrogens is 416 g/mol. The molecule has 3 rings (SSSR count). The van der Waals surface area contributed by atoms with Crippen molar-refractivity contribution in [2.45, 2.75) is 6.92 Å². The van der Waals surface area contributed by atoms with Crippen molar-refractivity contribution >= 4 is 45.5 Å². The van der Waals surface area contributed by atoms with Crippen molar-refractivity contribution in [2.24, 2.45) is 0 Å². The van der Waals surface area contributed by atoms with Gasteiger partial charge in [-0.3, -0.25) is 15.0 Å². The zero-order valence-electron chi connectivity index (χ0n) is 14.2. The Bertz CT molecular complexity index is 953. The fraction of sp³-hybridized carbons (Fsp3) is 0.105. The summed E-state index contributed by atoms with van der Waals surface area (Å²) in [5, 5.41) is 11.0. The molecule has 1 saturated heterocycles. The summed E-state index contributed by atoms with van der Waals surface area (Å²) in [6.45, 7) is 1.97. The number of phenols is 1. The fourth-order valence-electron chi connectivity index (χ4n) is 2.50. The first-order valence-electron chi connectivity index (χ1n) is 8.03. The highest BCUT2D eigenvalue weighted by molar-refractivity contribution is 9.10. The zero-order chi connectivity index (χ0) is 19.6. The predicted molar refractivity (Wildman–Crippen MR) is 102 cm³/mol. The van der Waals surface area contributed by atoms with E-state index in [1.165, 1.54) is 36.4 Å². The number of hydrogen-bond donors (Lipinski definition) is 2. The van der Waals surface area contributed by atoms with E-state index in [1.807, 2.05) is 0 Å². The molecule has 27 heavy (non-hydrogen) atoms. The number of hydrazine groups is 1.